The van der Waals surface area contributed by atoms with Gasteiger partial charge in [0, 0.05) is 57.1 Å². The van der Waals surface area contributed by atoms with E-state index in [1.807, 2.05) is 0 Å². The van der Waals surface area contributed by atoms with Crippen molar-refractivity contribution >= 4 is 5.69 Å². The van der Waals surface area contributed by atoms with Gasteiger partial charge in [-0.3, -0.25) is 9.80 Å². The van der Waals surface area contributed by atoms with Crippen LogP contribution in [0.3, 0.4) is 0 Å². The van der Waals surface area contributed by atoms with Crippen LogP contribution in [0.4, 0.5) is 5.69 Å². The summed E-state index contributed by atoms with van der Waals surface area (Å²) in [5.74, 6) is 0. The molecule has 30 heavy (non-hydrogen) atoms. The van der Waals surface area contributed by atoms with Gasteiger partial charge in [0.1, 0.15) is 0 Å². The summed E-state index contributed by atoms with van der Waals surface area (Å²) in [4.78, 5) is 7.88. The molecule has 0 bridgehead atoms. The third-order valence-corrected chi connectivity index (χ3v) is 6.95. The Kier molecular flexibility index (Phi) is 7.79. The standard InChI is InChI=1S/C26H37N3O/c30-21-15-26-22-29(20-19-27(26)16-7-10-23-8-3-1-4-9-23)25-13-17-28(18-14-25)24-11-5-2-6-12-24/h1-6,8-9,11-12,25-26,30H,7,10,13-22H2. The first-order valence-electron chi connectivity index (χ1n) is 11.8. The maximum absolute atomic E-state index is 9.65. The second-order valence-corrected chi connectivity index (χ2v) is 8.84. The highest BCUT2D eigenvalue weighted by molar-refractivity contribution is 5.46. The van der Waals surface area contributed by atoms with E-state index in [0.29, 0.717) is 18.7 Å². The lowest BCUT2D eigenvalue weighted by atomic mass is 9.99. The summed E-state index contributed by atoms with van der Waals surface area (Å²) in [6, 6.07) is 22.8. The Labute approximate surface area is 182 Å². The summed E-state index contributed by atoms with van der Waals surface area (Å²) < 4.78 is 0. The molecule has 2 aromatic carbocycles. The Morgan fingerprint density at radius 1 is 0.833 bits per heavy atom. The van der Waals surface area contributed by atoms with Crippen LogP contribution in [0.5, 0.6) is 0 Å². The van der Waals surface area contributed by atoms with Crippen molar-refractivity contribution in [3.8, 4) is 0 Å². The number of rotatable bonds is 8. The van der Waals surface area contributed by atoms with E-state index in [1.54, 1.807) is 0 Å². The molecule has 2 aliphatic rings. The van der Waals surface area contributed by atoms with Crippen molar-refractivity contribution in [1.29, 1.82) is 0 Å². The number of hydrogen-bond donors (Lipinski definition) is 1. The third kappa shape index (κ3) is 5.63. The van der Waals surface area contributed by atoms with E-state index >= 15 is 0 Å². The molecule has 1 N–H and O–H groups in total. The van der Waals surface area contributed by atoms with Crippen LogP contribution in [0.1, 0.15) is 31.2 Å². The van der Waals surface area contributed by atoms with Gasteiger partial charge in [-0.15, -0.1) is 0 Å². The van der Waals surface area contributed by atoms with E-state index in [-0.39, 0.29) is 0 Å². The predicted octanol–water partition coefficient (Wildman–Crippen LogP) is 3.66. The zero-order valence-electron chi connectivity index (χ0n) is 18.2. The molecule has 0 spiro atoms. The molecular weight excluding hydrogens is 370 g/mol. The van der Waals surface area contributed by atoms with Gasteiger partial charge in [-0.2, -0.15) is 0 Å². The number of hydrogen-bond acceptors (Lipinski definition) is 4. The monoisotopic (exact) mass is 407 g/mol. The van der Waals surface area contributed by atoms with E-state index < -0.39 is 0 Å². The molecule has 4 nitrogen and oxygen atoms in total. The molecule has 0 radical (unpaired) electrons. The van der Waals surface area contributed by atoms with E-state index in [1.165, 1.54) is 37.1 Å². The Balaban J connectivity index is 1.25. The van der Waals surface area contributed by atoms with Crippen molar-refractivity contribution in [3.63, 3.8) is 0 Å². The number of aliphatic hydroxyl groups is 1. The second-order valence-electron chi connectivity index (χ2n) is 8.84. The van der Waals surface area contributed by atoms with Crippen molar-refractivity contribution in [2.45, 2.75) is 44.2 Å². The molecule has 162 valence electrons. The quantitative estimate of drug-likeness (QED) is 0.723. The molecule has 2 aromatic rings. The van der Waals surface area contributed by atoms with Crippen LogP contribution in [-0.2, 0) is 6.42 Å². The first kappa shape index (κ1) is 21.4. The van der Waals surface area contributed by atoms with Crippen LogP contribution >= 0.6 is 0 Å². The summed E-state index contributed by atoms with van der Waals surface area (Å²) in [7, 11) is 0. The molecular formula is C26H37N3O. The minimum Gasteiger partial charge on any atom is -0.396 e. The molecule has 1 atom stereocenters. The van der Waals surface area contributed by atoms with E-state index in [2.05, 4.69) is 75.4 Å². The van der Waals surface area contributed by atoms with Crippen molar-refractivity contribution in [3.05, 3.63) is 66.2 Å². The fraction of sp³-hybridized carbons (Fsp3) is 0.538. The number of piperazine rings is 1. The molecule has 2 aliphatic heterocycles. The normalized spacial score (nSPS) is 21.8. The van der Waals surface area contributed by atoms with E-state index in [0.717, 1.165) is 45.6 Å². The zero-order chi connectivity index (χ0) is 20.6. The highest BCUT2D eigenvalue weighted by atomic mass is 16.3. The predicted molar refractivity (Wildman–Crippen MR) is 125 cm³/mol. The highest BCUT2D eigenvalue weighted by Gasteiger charge is 2.32. The van der Waals surface area contributed by atoms with Crippen LogP contribution in [-0.4, -0.2) is 72.9 Å². The van der Waals surface area contributed by atoms with Crippen LogP contribution in [0.2, 0.25) is 0 Å². The Hall–Kier alpha value is -1.88. The van der Waals surface area contributed by atoms with Gasteiger partial charge in [0.25, 0.3) is 0 Å². The van der Waals surface area contributed by atoms with Crippen molar-refractivity contribution in [1.82, 2.24) is 9.80 Å². The molecule has 0 saturated carbocycles. The lowest BCUT2D eigenvalue weighted by molar-refractivity contribution is 0.0294. The van der Waals surface area contributed by atoms with Crippen LogP contribution in [0.15, 0.2) is 60.7 Å². The van der Waals surface area contributed by atoms with Gasteiger partial charge in [-0.05, 0) is 56.3 Å². The summed E-state index contributed by atoms with van der Waals surface area (Å²) in [5, 5.41) is 9.65. The van der Waals surface area contributed by atoms with Gasteiger partial charge in [-0.25, -0.2) is 0 Å². The summed E-state index contributed by atoms with van der Waals surface area (Å²) in [6.45, 7) is 7.15. The number of benzene rings is 2. The maximum atomic E-state index is 9.65. The fourth-order valence-electron chi connectivity index (χ4n) is 5.22. The van der Waals surface area contributed by atoms with Crippen molar-refractivity contribution in [2.75, 3.05) is 50.8 Å². The zero-order valence-corrected chi connectivity index (χ0v) is 18.2. The van der Waals surface area contributed by atoms with Crippen LogP contribution in [0.25, 0.3) is 0 Å². The summed E-state index contributed by atoms with van der Waals surface area (Å²) in [6.07, 6.45) is 5.72. The largest absolute Gasteiger partial charge is 0.396 e. The minimum atomic E-state index is 0.292. The number of nitrogens with zero attached hydrogens (tertiary/aromatic N) is 3. The fourth-order valence-corrected chi connectivity index (χ4v) is 5.22. The van der Waals surface area contributed by atoms with E-state index in [4.69, 9.17) is 0 Å². The Bertz CT molecular complexity index is 726. The maximum Gasteiger partial charge on any atom is 0.0446 e. The SMILES string of the molecule is OCCC1CN(C2CCN(c3ccccc3)CC2)CCN1CCCc1ccccc1. The van der Waals surface area contributed by atoms with Gasteiger partial charge in [0.15, 0.2) is 0 Å². The Morgan fingerprint density at radius 3 is 2.23 bits per heavy atom. The molecule has 1 unspecified atom stereocenters. The molecule has 2 fully saturated rings. The summed E-state index contributed by atoms with van der Waals surface area (Å²) >= 11 is 0. The molecule has 4 rings (SSSR count). The van der Waals surface area contributed by atoms with Crippen molar-refractivity contribution in [2.24, 2.45) is 0 Å². The minimum absolute atomic E-state index is 0.292. The topological polar surface area (TPSA) is 30.0 Å². The lowest BCUT2D eigenvalue weighted by Gasteiger charge is -2.47. The van der Waals surface area contributed by atoms with Gasteiger partial charge >= 0.3 is 0 Å². The number of piperidine rings is 1. The average molecular weight is 408 g/mol. The molecule has 0 aliphatic carbocycles. The smallest absolute Gasteiger partial charge is 0.0446 e. The molecule has 0 aromatic heterocycles. The average Bonchev–Trinajstić information content (AvgIpc) is 2.81. The molecule has 2 heterocycles. The van der Waals surface area contributed by atoms with Gasteiger partial charge in [0.2, 0.25) is 0 Å². The van der Waals surface area contributed by atoms with Crippen LogP contribution < -0.4 is 4.90 Å². The van der Waals surface area contributed by atoms with Crippen LogP contribution in [0, 0.1) is 0 Å². The number of anilines is 1. The molecule has 2 saturated heterocycles. The van der Waals surface area contributed by atoms with Gasteiger partial charge in [0.05, 0.1) is 0 Å². The van der Waals surface area contributed by atoms with Crippen molar-refractivity contribution < 1.29 is 5.11 Å². The van der Waals surface area contributed by atoms with E-state index in [9.17, 15) is 5.11 Å². The van der Waals surface area contributed by atoms with Gasteiger partial charge in [-0.1, -0.05) is 48.5 Å². The molecule has 4 heteroatoms. The first-order valence-corrected chi connectivity index (χ1v) is 11.8. The lowest BCUT2D eigenvalue weighted by Crippen LogP contribution is -2.57. The number of aliphatic hydroxyl groups excluding tert-OH is 1. The number of aryl methyl sites for hydroxylation is 1. The Morgan fingerprint density at radius 2 is 1.53 bits per heavy atom. The number of para-hydroxylation sites is 1. The highest BCUT2D eigenvalue weighted by Crippen LogP contribution is 2.25. The first-order chi connectivity index (χ1) is 14.8. The third-order valence-electron chi connectivity index (χ3n) is 6.95. The molecule has 0 amide bonds. The van der Waals surface area contributed by atoms with Gasteiger partial charge < -0.3 is 10.0 Å². The second kappa shape index (κ2) is 10.9. The summed E-state index contributed by atoms with van der Waals surface area (Å²) in [5.41, 5.74) is 2.79.